The van der Waals surface area contributed by atoms with Crippen LogP contribution in [0.4, 0.5) is 4.39 Å². The van der Waals surface area contributed by atoms with Crippen LogP contribution in [-0.2, 0) is 17.9 Å². The van der Waals surface area contributed by atoms with Crippen LogP contribution in [0.2, 0.25) is 0 Å². The largest absolute Gasteiger partial charge is 0.352 e. The molecule has 3 heterocycles. The highest BCUT2D eigenvalue weighted by Crippen LogP contribution is 2.37. The van der Waals surface area contributed by atoms with E-state index in [1.807, 2.05) is 47.8 Å². The number of pyridine rings is 1. The topological polar surface area (TPSA) is 46.9 Å². The smallest absolute Gasteiger partial charge is 0.221 e. The van der Waals surface area contributed by atoms with Crippen molar-refractivity contribution in [2.45, 2.75) is 25.4 Å². The van der Waals surface area contributed by atoms with Crippen LogP contribution in [0.25, 0.3) is 10.9 Å². The highest BCUT2D eigenvalue weighted by molar-refractivity contribution is 7.10. The Morgan fingerprint density at radius 1 is 1.00 bits per heavy atom. The van der Waals surface area contributed by atoms with Crippen molar-refractivity contribution in [3.05, 3.63) is 124 Å². The van der Waals surface area contributed by atoms with Crippen LogP contribution < -0.4 is 5.32 Å². The molecule has 2 aromatic carbocycles. The molecule has 0 radical (unpaired) electrons. The van der Waals surface area contributed by atoms with Gasteiger partial charge in [0.2, 0.25) is 5.91 Å². The van der Waals surface area contributed by atoms with Gasteiger partial charge in [-0.15, -0.1) is 11.3 Å². The molecule has 34 heavy (non-hydrogen) atoms. The Hall–Kier alpha value is -3.77. The Morgan fingerprint density at radius 2 is 1.85 bits per heavy atom. The fraction of sp³-hybridized carbons (Fsp3) is 0.143. The minimum atomic E-state index is -0.239. The molecule has 5 rings (SSSR count). The van der Waals surface area contributed by atoms with Crippen molar-refractivity contribution in [2.75, 3.05) is 0 Å². The van der Waals surface area contributed by atoms with Gasteiger partial charge in [-0.1, -0.05) is 42.5 Å². The number of benzene rings is 2. The Bertz CT molecular complexity index is 1380. The zero-order valence-electron chi connectivity index (χ0n) is 18.5. The SMILES string of the molecule is O=C(C[C@@H](c1cccs1)c1cn(Cc2ccc(F)cc2)c2ccccc12)NCc1cccnc1. The molecule has 1 amide bonds. The second kappa shape index (κ2) is 10.0. The van der Waals surface area contributed by atoms with Gasteiger partial charge < -0.3 is 9.88 Å². The van der Waals surface area contributed by atoms with Gasteiger partial charge in [-0.3, -0.25) is 9.78 Å². The molecule has 0 bridgehead atoms. The molecular weight excluding hydrogens is 445 g/mol. The van der Waals surface area contributed by atoms with Crippen LogP contribution in [0.3, 0.4) is 0 Å². The lowest BCUT2D eigenvalue weighted by atomic mass is 9.93. The summed E-state index contributed by atoms with van der Waals surface area (Å²) in [6.45, 7) is 1.08. The van der Waals surface area contributed by atoms with E-state index in [0.717, 1.165) is 32.5 Å². The monoisotopic (exact) mass is 469 g/mol. The summed E-state index contributed by atoms with van der Waals surface area (Å²) in [6.07, 6.45) is 5.98. The number of carbonyl (C=O) groups is 1. The number of halogens is 1. The van der Waals surface area contributed by atoms with Crippen LogP contribution >= 0.6 is 11.3 Å². The van der Waals surface area contributed by atoms with Crippen molar-refractivity contribution >= 4 is 28.1 Å². The van der Waals surface area contributed by atoms with Crippen molar-refractivity contribution < 1.29 is 9.18 Å². The van der Waals surface area contributed by atoms with E-state index in [1.54, 1.807) is 23.7 Å². The zero-order valence-corrected chi connectivity index (χ0v) is 19.3. The van der Waals surface area contributed by atoms with E-state index in [9.17, 15) is 9.18 Å². The Labute approximate surface area is 201 Å². The fourth-order valence-electron chi connectivity index (χ4n) is 4.28. The molecule has 4 nitrogen and oxygen atoms in total. The molecular formula is C28H24FN3OS. The van der Waals surface area contributed by atoms with E-state index in [1.165, 1.54) is 12.1 Å². The number of nitrogens with one attached hydrogen (secondary N) is 1. The van der Waals surface area contributed by atoms with E-state index in [-0.39, 0.29) is 17.6 Å². The summed E-state index contributed by atoms with van der Waals surface area (Å²) in [7, 11) is 0. The number of fused-ring (bicyclic) bond motifs is 1. The molecule has 1 atom stereocenters. The summed E-state index contributed by atoms with van der Waals surface area (Å²) < 4.78 is 15.6. The van der Waals surface area contributed by atoms with Crippen LogP contribution in [-0.4, -0.2) is 15.5 Å². The second-order valence-corrected chi connectivity index (χ2v) is 9.25. The predicted octanol–water partition coefficient (Wildman–Crippen LogP) is 6.12. The van der Waals surface area contributed by atoms with Crippen molar-refractivity contribution in [2.24, 2.45) is 0 Å². The van der Waals surface area contributed by atoms with Crippen LogP contribution in [0.1, 0.15) is 33.9 Å². The third-order valence-electron chi connectivity index (χ3n) is 5.95. The number of carbonyl (C=O) groups excluding carboxylic acids is 1. The molecule has 170 valence electrons. The Morgan fingerprint density at radius 3 is 2.62 bits per heavy atom. The first kappa shape index (κ1) is 22.0. The van der Waals surface area contributed by atoms with E-state index < -0.39 is 0 Å². The first-order valence-electron chi connectivity index (χ1n) is 11.2. The van der Waals surface area contributed by atoms with Gasteiger partial charge in [0.25, 0.3) is 0 Å². The average Bonchev–Trinajstić information content (AvgIpc) is 3.52. The standard InChI is InChI=1S/C28H24FN3OS/c29-22-11-9-20(10-12-22)18-32-19-25(23-6-1-2-7-26(23)32)24(27-8-4-14-34-27)15-28(33)31-17-21-5-3-13-30-16-21/h1-14,16,19,24H,15,17-18H2,(H,31,33)/t24-/m1/s1. The molecule has 0 fully saturated rings. The molecule has 5 aromatic rings. The van der Waals surface area contributed by atoms with Crippen LogP contribution in [0, 0.1) is 5.82 Å². The molecule has 0 aliphatic carbocycles. The summed E-state index contributed by atoms with van der Waals surface area (Å²) in [5.41, 5.74) is 4.21. The molecule has 0 unspecified atom stereocenters. The fourth-order valence-corrected chi connectivity index (χ4v) is 5.13. The molecule has 0 saturated heterocycles. The number of nitrogens with zero attached hydrogens (tertiary/aromatic N) is 2. The van der Waals surface area contributed by atoms with Crippen molar-refractivity contribution in [1.82, 2.24) is 14.9 Å². The lowest BCUT2D eigenvalue weighted by Gasteiger charge is -2.15. The van der Waals surface area contributed by atoms with Crippen molar-refractivity contribution in [1.29, 1.82) is 0 Å². The molecule has 6 heteroatoms. The number of hydrogen-bond acceptors (Lipinski definition) is 3. The number of amides is 1. The lowest BCUT2D eigenvalue weighted by Crippen LogP contribution is -2.24. The number of para-hydroxylation sites is 1. The molecule has 0 spiro atoms. The Kier molecular flexibility index (Phi) is 6.49. The van der Waals surface area contributed by atoms with Crippen LogP contribution in [0.15, 0.2) is 96.8 Å². The number of thiophene rings is 1. The zero-order chi connectivity index (χ0) is 23.3. The van der Waals surface area contributed by atoms with Gasteiger partial charge in [-0.05, 0) is 52.4 Å². The molecule has 0 aliphatic rings. The maximum Gasteiger partial charge on any atom is 0.221 e. The maximum absolute atomic E-state index is 13.4. The van der Waals surface area contributed by atoms with Gasteiger partial charge in [0.1, 0.15) is 5.82 Å². The van der Waals surface area contributed by atoms with Crippen LogP contribution in [0.5, 0.6) is 0 Å². The average molecular weight is 470 g/mol. The summed E-state index contributed by atoms with van der Waals surface area (Å²) in [5, 5.41) is 6.22. The Balaban J connectivity index is 1.45. The number of hydrogen-bond donors (Lipinski definition) is 1. The van der Waals surface area contributed by atoms with E-state index in [4.69, 9.17) is 0 Å². The summed E-state index contributed by atoms with van der Waals surface area (Å²) in [6, 6.07) is 22.8. The highest BCUT2D eigenvalue weighted by atomic mass is 32.1. The quantitative estimate of drug-likeness (QED) is 0.297. The summed E-state index contributed by atoms with van der Waals surface area (Å²) in [4.78, 5) is 18.3. The number of aromatic nitrogens is 2. The lowest BCUT2D eigenvalue weighted by molar-refractivity contribution is -0.121. The third kappa shape index (κ3) is 4.92. The molecule has 3 aromatic heterocycles. The van der Waals surface area contributed by atoms with Gasteiger partial charge >= 0.3 is 0 Å². The number of rotatable bonds is 8. The van der Waals surface area contributed by atoms with E-state index in [2.05, 4.69) is 39.3 Å². The first-order valence-corrected chi connectivity index (χ1v) is 12.1. The highest BCUT2D eigenvalue weighted by Gasteiger charge is 2.23. The minimum Gasteiger partial charge on any atom is -0.352 e. The molecule has 0 saturated carbocycles. The minimum absolute atomic E-state index is 0.00220. The normalized spacial score (nSPS) is 12.0. The molecule has 1 N–H and O–H groups in total. The second-order valence-electron chi connectivity index (χ2n) is 8.27. The van der Waals surface area contributed by atoms with Gasteiger partial charge in [0, 0.05) is 59.8 Å². The summed E-state index contributed by atoms with van der Waals surface area (Å²) >= 11 is 1.66. The van der Waals surface area contributed by atoms with Crippen molar-refractivity contribution in [3.8, 4) is 0 Å². The van der Waals surface area contributed by atoms with E-state index >= 15 is 0 Å². The van der Waals surface area contributed by atoms with Crippen molar-refractivity contribution in [3.63, 3.8) is 0 Å². The predicted molar refractivity (Wildman–Crippen MR) is 134 cm³/mol. The first-order chi connectivity index (χ1) is 16.7. The third-order valence-corrected chi connectivity index (χ3v) is 6.94. The molecule has 0 aliphatic heterocycles. The van der Waals surface area contributed by atoms with Gasteiger partial charge in [0.15, 0.2) is 0 Å². The summed E-state index contributed by atoms with van der Waals surface area (Å²) in [5.74, 6) is -0.303. The van der Waals surface area contributed by atoms with Gasteiger partial charge in [0.05, 0.1) is 0 Å². The van der Waals surface area contributed by atoms with Gasteiger partial charge in [-0.25, -0.2) is 4.39 Å². The van der Waals surface area contributed by atoms with Gasteiger partial charge in [-0.2, -0.15) is 0 Å². The van der Waals surface area contributed by atoms with E-state index in [0.29, 0.717) is 19.5 Å². The maximum atomic E-state index is 13.4.